The third kappa shape index (κ3) is 4.37. The van der Waals surface area contributed by atoms with Gasteiger partial charge in [-0.15, -0.1) is 0 Å². The van der Waals surface area contributed by atoms with Gasteiger partial charge < -0.3 is 24.1 Å². The molecule has 4 fully saturated rings. The van der Waals surface area contributed by atoms with E-state index >= 15 is 0 Å². The molecule has 3 saturated carbocycles. The Kier molecular flexibility index (Phi) is 6.00. The Morgan fingerprint density at radius 1 is 1.26 bits per heavy atom. The summed E-state index contributed by atoms with van der Waals surface area (Å²) in [5, 5.41) is 2.68. The summed E-state index contributed by atoms with van der Waals surface area (Å²) in [5.74, 6) is 0.721. The van der Waals surface area contributed by atoms with Crippen molar-refractivity contribution in [1.29, 1.82) is 0 Å². The molecule has 184 valence electrons. The van der Waals surface area contributed by atoms with Crippen molar-refractivity contribution in [3.8, 4) is 5.75 Å². The molecule has 9 heteroatoms. The summed E-state index contributed by atoms with van der Waals surface area (Å²) in [7, 11) is 1.63. The summed E-state index contributed by atoms with van der Waals surface area (Å²) >= 11 is 0. The van der Waals surface area contributed by atoms with Crippen molar-refractivity contribution in [1.82, 2.24) is 4.98 Å². The Morgan fingerprint density at radius 2 is 1.97 bits per heavy atom. The van der Waals surface area contributed by atoms with Gasteiger partial charge in [-0.2, -0.15) is 4.98 Å². The van der Waals surface area contributed by atoms with Gasteiger partial charge in [0, 0.05) is 25.3 Å². The van der Waals surface area contributed by atoms with Crippen LogP contribution in [0.3, 0.4) is 0 Å². The van der Waals surface area contributed by atoms with Crippen LogP contribution < -0.4 is 15.0 Å². The summed E-state index contributed by atoms with van der Waals surface area (Å²) in [6.07, 6.45) is 4.45. The molecular weight excluding hydrogens is 444 g/mol. The molecule has 1 saturated heterocycles. The van der Waals surface area contributed by atoms with Crippen LogP contribution in [0.15, 0.2) is 16.5 Å². The number of oxazole rings is 1. The number of carbonyl (C=O) groups is 1. The number of aryl methyl sites for hydroxylation is 2. The average Bonchev–Trinajstić information content (AvgIpc) is 3.17. The molecule has 6 rings (SSSR count). The smallest absolute Gasteiger partial charge is 0.298 e. The molecule has 3 aliphatic carbocycles. The second-order valence-corrected chi connectivity index (χ2v) is 10.2. The average molecular weight is 476 g/mol. The maximum absolute atomic E-state index is 14.9. The SMILES string of the molecule is COC1(C)CN(c2nc(C(=O)Nc3cc(C)c(OC4CC5CC(C5)C4)c(F)c3)c(CCF)o2)C1. The Balaban J connectivity index is 1.29. The van der Waals surface area contributed by atoms with Gasteiger partial charge in [0.1, 0.15) is 11.4 Å². The lowest BCUT2D eigenvalue weighted by atomic mass is 9.64. The van der Waals surface area contributed by atoms with Crippen molar-refractivity contribution < 1.29 is 27.5 Å². The first-order chi connectivity index (χ1) is 16.3. The molecule has 7 nitrogen and oxygen atoms in total. The highest BCUT2D eigenvalue weighted by atomic mass is 19.1. The van der Waals surface area contributed by atoms with Crippen LogP contribution in [-0.4, -0.2) is 49.5 Å². The minimum atomic E-state index is -0.687. The number of methoxy groups -OCH3 is 1. The molecule has 2 heterocycles. The Hall–Kier alpha value is -2.68. The quantitative estimate of drug-likeness (QED) is 0.598. The maximum Gasteiger partial charge on any atom is 0.298 e. The summed E-state index contributed by atoms with van der Waals surface area (Å²) in [6.45, 7) is 4.14. The number of alkyl halides is 1. The van der Waals surface area contributed by atoms with Gasteiger partial charge in [-0.25, -0.2) is 4.39 Å². The van der Waals surface area contributed by atoms with E-state index in [-0.39, 0.29) is 47.0 Å². The van der Waals surface area contributed by atoms with E-state index in [2.05, 4.69) is 10.3 Å². The van der Waals surface area contributed by atoms with Crippen LogP contribution in [0.4, 0.5) is 20.5 Å². The number of anilines is 2. The zero-order valence-electron chi connectivity index (χ0n) is 19.8. The van der Waals surface area contributed by atoms with Crippen LogP contribution in [0.25, 0.3) is 0 Å². The number of hydrogen-bond donors (Lipinski definition) is 1. The lowest BCUT2D eigenvalue weighted by molar-refractivity contribution is -0.0191. The van der Waals surface area contributed by atoms with Gasteiger partial charge in [0.2, 0.25) is 0 Å². The summed E-state index contributed by atoms with van der Waals surface area (Å²) in [4.78, 5) is 19.1. The topological polar surface area (TPSA) is 76.8 Å². The minimum absolute atomic E-state index is 0.00140. The largest absolute Gasteiger partial charge is 0.487 e. The second-order valence-electron chi connectivity index (χ2n) is 10.2. The van der Waals surface area contributed by atoms with Gasteiger partial charge >= 0.3 is 0 Å². The molecule has 2 bridgehead atoms. The van der Waals surface area contributed by atoms with Crippen LogP contribution in [0, 0.1) is 24.6 Å². The number of ether oxygens (including phenoxy) is 2. The van der Waals surface area contributed by atoms with Crippen LogP contribution in [0.1, 0.15) is 54.4 Å². The number of halogens is 2. The third-order valence-electron chi connectivity index (χ3n) is 7.33. The van der Waals surface area contributed by atoms with Crippen LogP contribution >= 0.6 is 0 Å². The van der Waals surface area contributed by atoms with Crippen molar-refractivity contribution in [3.05, 3.63) is 35.0 Å². The number of carbonyl (C=O) groups excluding carboxylic acids is 1. The van der Waals surface area contributed by atoms with E-state index in [0.29, 0.717) is 30.5 Å². The summed E-state index contributed by atoms with van der Waals surface area (Å²) in [6, 6.07) is 3.17. The highest BCUT2D eigenvalue weighted by Gasteiger charge is 2.42. The Labute approximate surface area is 197 Å². The summed E-state index contributed by atoms with van der Waals surface area (Å²) in [5.41, 5.74) is 0.580. The Morgan fingerprint density at radius 3 is 2.59 bits per heavy atom. The van der Waals surface area contributed by atoms with Crippen molar-refractivity contribution in [3.63, 3.8) is 0 Å². The number of benzene rings is 1. The molecule has 0 radical (unpaired) electrons. The van der Waals surface area contributed by atoms with E-state index in [9.17, 15) is 13.6 Å². The first-order valence-electron chi connectivity index (χ1n) is 11.9. The minimum Gasteiger partial charge on any atom is -0.487 e. The van der Waals surface area contributed by atoms with Crippen LogP contribution in [-0.2, 0) is 11.2 Å². The van der Waals surface area contributed by atoms with Crippen LogP contribution in [0.2, 0.25) is 0 Å². The molecule has 4 aliphatic rings. The number of aromatic nitrogens is 1. The van der Waals surface area contributed by atoms with Crippen molar-refractivity contribution in [2.45, 2.75) is 57.7 Å². The predicted molar refractivity (Wildman–Crippen MR) is 123 cm³/mol. The molecule has 34 heavy (non-hydrogen) atoms. The van der Waals surface area contributed by atoms with E-state index in [0.717, 1.165) is 12.8 Å². The van der Waals surface area contributed by atoms with E-state index < -0.39 is 18.4 Å². The van der Waals surface area contributed by atoms with Crippen molar-refractivity contribution >= 4 is 17.6 Å². The molecule has 1 amide bonds. The number of rotatable bonds is 8. The molecular formula is C25H31F2N3O4. The summed E-state index contributed by atoms with van der Waals surface area (Å²) < 4.78 is 45.1. The van der Waals surface area contributed by atoms with Gasteiger partial charge in [-0.05, 0) is 63.0 Å². The highest BCUT2D eigenvalue weighted by molar-refractivity contribution is 6.03. The highest BCUT2D eigenvalue weighted by Crippen LogP contribution is 2.47. The van der Waals surface area contributed by atoms with Gasteiger partial charge in [0.05, 0.1) is 25.9 Å². The molecule has 1 N–H and O–H groups in total. The monoisotopic (exact) mass is 475 g/mol. The number of amides is 1. The van der Waals surface area contributed by atoms with E-state index in [1.165, 1.54) is 18.9 Å². The van der Waals surface area contributed by atoms with Gasteiger partial charge in [0.15, 0.2) is 17.3 Å². The van der Waals surface area contributed by atoms with Crippen molar-refractivity contribution in [2.75, 3.05) is 37.1 Å². The second kappa shape index (κ2) is 8.83. The fourth-order valence-electron chi connectivity index (χ4n) is 5.44. The van der Waals surface area contributed by atoms with E-state index in [1.54, 1.807) is 20.1 Å². The van der Waals surface area contributed by atoms with Crippen molar-refractivity contribution in [2.24, 2.45) is 11.8 Å². The fraction of sp³-hybridized carbons (Fsp3) is 0.600. The molecule has 1 aliphatic heterocycles. The first-order valence-corrected chi connectivity index (χ1v) is 11.9. The predicted octanol–water partition coefficient (Wildman–Crippen LogP) is 4.68. The van der Waals surface area contributed by atoms with E-state index in [1.807, 2.05) is 11.8 Å². The molecule has 0 atom stereocenters. The normalized spacial score (nSPS) is 24.9. The number of hydrogen-bond acceptors (Lipinski definition) is 6. The number of fused-ring (bicyclic) bond motifs is 2. The van der Waals surface area contributed by atoms with Gasteiger partial charge in [-0.1, -0.05) is 0 Å². The standard InChI is InChI=1S/C25H31F2N3O4/c1-14-6-17(11-19(27)22(14)33-18-9-15-7-16(8-15)10-18)28-23(31)21-20(4-5-26)34-24(29-21)30-12-25(2,13-30)32-3/h6,11,15-16,18H,4-5,7-10,12-13H2,1-3H3,(H,28,31). The van der Waals surface area contributed by atoms with Gasteiger partial charge in [0.25, 0.3) is 11.9 Å². The maximum atomic E-state index is 14.9. The molecule has 2 aromatic rings. The number of nitrogens with zero attached hydrogens (tertiary/aromatic N) is 2. The van der Waals surface area contributed by atoms with Crippen LogP contribution in [0.5, 0.6) is 5.75 Å². The molecule has 1 aromatic carbocycles. The third-order valence-corrected chi connectivity index (χ3v) is 7.33. The lowest BCUT2D eigenvalue weighted by Gasteiger charge is -2.45. The molecule has 1 aromatic heterocycles. The lowest BCUT2D eigenvalue weighted by Crippen LogP contribution is -2.61. The zero-order chi connectivity index (χ0) is 24.0. The Bertz CT molecular complexity index is 1040. The number of nitrogens with one attached hydrogen (secondary N) is 1. The first kappa shape index (κ1) is 23.1. The molecule has 0 spiro atoms. The van der Waals surface area contributed by atoms with E-state index in [4.69, 9.17) is 13.9 Å². The van der Waals surface area contributed by atoms with Gasteiger partial charge in [-0.3, -0.25) is 9.18 Å². The zero-order valence-corrected chi connectivity index (χ0v) is 19.8. The molecule has 0 unspecified atom stereocenters. The fourth-order valence-corrected chi connectivity index (χ4v) is 5.44.